The number of imidazole rings is 1. The van der Waals surface area contributed by atoms with Crippen molar-refractivity contribution in [1.82, 2.24) is 9.55 Å². The molecule has 1 atom stereocenters. The molecule has 0 aliphatic rings. The van der Waals surface area contributed by atoms with Crippen molar-refractivity contribution in [2.24, 2.45) is 5.73 Å². The first-order valence-electron chi connectivity index (χ1n) is 5.35. The van der Waals surface area contributed by atoms with E-state index in [1.54, 1.807) is 6.20 Å². The lowest BCUT2D eigenvalue weighted by Gasteiger charge is -2.11. The number of nitrogens with zero attached hydrogens (tertiary/aromatic N) is 2. The summed E-state index contributed by atoms with van der Waals surface area (Å²) in [6.45, 7) is 2.97. The summed E-state index contributed by atoms with van der Waals surface area (Å²) in [6, 6.07) is -0.381. The SMILES string of the molecule is CCCn1ccnc1CC(N)CS(C)(=O)=O. The Hall–Kier alpha value is -0.880. The lowest BCUT2D eigenvalue weighted by Crippen LogP contribution is -2.32. The van der Waals surface area contributed by atoms with E-state index in [1.165, 1.54) is 6.26 Å². The molecule has 0 aliphatic carbocycles. The first kappa shape index (κ1) is 13.2. The molecule has 1 rings (SSSR count). The van der Waals surface area contributed by atoms with E-state index < -0.39 is 9.84 Å². The highest BCUT2D eigenvalue weighted by molar-refractivity contribution is 7.90. The standard InChI is InChI=1S/C10H19N3O2S/c1-3-5-13-6-4-12-10(13)7-9(11)8-16(2,14)15/h4,6,9H,3,5,7-8,11H2,1-2H3. The summed E-state index contributed by atoms with van der Waals surface area (Å²) in [7, 11) is -3.01. The number of hydrogen-bond donors (Lipinski definition) is 1. The van der Waals surface area contributed by atoms with Crippen LogP contribution < -0.4 is 5.73 Å². The fraction of sp³-hybridized carbons (Fsp3) is 0.700. The third kappa shape index (κ3) is 4.32. The van der Waals surface area contributed by atoms with Crippen LogP contribution >= 0.6 is 0 Å². The van der Waals surface area contributed by atoms with Crippen LogP contribution in [0.1, 0.15) is 19.2 Å². The topological polar surface area (TPSA) is 78.0 Å². The number of aryl methyl sites for hydroxylation is 1. The zero-order chi connectivity index (χ0) is 12.2. The Balaban J connectivity index is 2.62. The van der Waals surface area contributed by atoms with Gasteiger partial charge in [0, 0.05) is 37.7 Å². The van der Waals surface area contributed by atoms with Crippen LogP contribution in [0.15, 0.2) is 12.4 Å². The summed E-state index contributed by atoms with van der Waals surface area (Å²) in [5, 5.41) is 0. The Kier molecular flexibility index (Phi) is 4.49. The van der Waals surface area contributed by atoms with Crippen LogP contribution in [0.2, 0.25) is 0 Å². The van der Waals surface area contributed by atoms with Crippen LogP contribution in [0.3, 0.4) is 0 Å². The summed E-state index contributed by atoms with van der Waals surface area (Å²) in [5.74, 6) is 0.865. The second-order valence-electron chi connectivity index (χ2n) is 4.09. The Bertz CT molecular complexity index is 425. The van der Waals surface area contributed by atoms with Crippen molar-refractivity contribution >= 4 is 9.84 Å². The molecule has 0 bridgehead atoms. The van der Waals surface area contributed by atoms with Gasteiger partial charge in [-0.3, -0.25) is 0 Å². The van der Waals surface area contributed by atoms with Crippen molar-refractivity contribution in [3.8, 4) is 0 Å². The molecule has 92 valence electrons. The van der Waals surface area contributed by atoms with Crippen molar-refractivity contribution in [3.63, 3.8) is 0 Å². The van der Waals surface area contributed by atoms with Gasteiger partial charge in [0.1, 0.15) is 15.7 Å². The molecule has 0 aliphatic heterocycles. The molecule has 1 aromatic heterocycles. The minimum atomic E-state index is -3.01. The molecule has 0 fully saturated rings. The highest BCUT2D eigenvalue weighted by Gasteiger charge is 2.14. The van der Waals surface area contributed by atoms with Gasteiger partial charge in [0.2, 0.25) is 0 Å². The molecule has 1 heterocycles. The maximum atomic E-state index is 11.1. The second-order valence-corrected chi connectivity index (χ2v) is 6.28. The van der Waals surface area contributed by atoms with E-state index in [9.17, 15) is 8.42 Å². The first-order chi connectivity index (χ1) is 7.42. The molecule has 6 heteroatoms. The minimum absolute atomic E-state index is 0.00594. The normalized spacial score (nSPS) is 13.9. The van der Waals surface area contributed by atoms with Gasteiger partial charge < -0.3 is 10.3 Å². The minimum Gasteiger partial charge on any atom is -0.335 e. The van der Waals surface area contributed by atoms with E-state index >= 15 is 0 Å². The molecular weight excluding hydrogens is 226 g/mol. The van der Waals surface area contributed by atoms with Crippen molar-refractivity contribution in [2.45, 2.75) is 32.4 Å². The number of rotatable bonds is 6. The van der Waals surface area contributed by atoms with Gasteiger partial charge in [-0.15, -0.1) is 0 Å². The molecule has 16 heavy (non-hydrogen) atoms. The predicted octanol–water partition coefficient (Wildman–Crippen LogP) is 0.208. The predicted molar refractivity (Wildman–Crippen MR) is 63.9 cm³/mol. The largest absolute Gasteiger partial charge is 0.335 e. The monoisotopic (exact) mass is 245 g/mol. The van der Waals surface area contributed by atoms with Crippen molar-refractivity contribution in [2.75, 3.05) is 12.0 Å². The van der Waals surface area contributed by atoms with Crippen molar-refractivity contribution < 1.29 is 8.42 Å². The van der Waals surface area contributed by atoms with Crippen molar-refractivity contribution in [1.29, 1.82) is 0 Å². The smallest absolute Gasteiger partial charge is 0.148 e. The third-order valence-corrected chi connectivity index (χ3v) is 3.26. The van der Waals surface area contributed by atoms with Gasteiger partial charge in [-0.1, -0.05) is 6.92 Å². The summed E-state index contributed by atoms with van der Waals surface area (Å²) in [5.41, 5.74) is 5.78. The van der Waals surface area contributed by atoms with Gasteiger partial charge >= 0.3 is 0 Å². The molecule has 1 unspecified atom stereocenters. The fourth-order valence-corrected chi connectivity index (χ4v) is 2.55. The van der Waals surface area contributed by atoms with E-state index in [0.29, 0.717) is 6.42 Å². The van der Waals surface area contributed by atoms with E-state index in [-0.39, 0.29) is 11.8 Å². The van der Waals surface area contributed by atoms with Crippen LogP contribution in [0.4, 0.5) is 0 Å². The van der Waals surface area contributed by atoms with Crippen LogP contribution in [-0.2, 0) is 22.8 Å². The Morgan fingerprint density at radius 1 is 1.56 bits per heavy atom. The van der Waals surface area contributed by atoms with Gasteiger partial charge in [0.05, 0.1) is 5.75 Å². The van der Waals surface area contributed by atoms with Crippen LogP contribution in [0.5, 0.6) is 0 Å². The molecule has 0 aromatic carbocycles. The fourth-order valence-electron chi connectivity index (χ4n) is 1.66. The van der Waals surface area contributed by atoms with Crippen LogP contribution in [0, 0.1) is 0 Å². The maximum absolute atomic E-state index is 11.1. The summed E-state index contributed by atoms with van der Waals surface area (Å²) >= 11 is 0. The third-order valence-electron chi connectivity index (χ3n) is 2.23. The molecule has 0 radical (unpaired) electrons. The van der Waals surface area contributed by atoms with E-state index in [2.05, 4.69) is 11.9 Å². The van der Waals surface area contributed by atoms with Gasteiger partial charge in [0.25, 0.3) is 0 Å². The van der Waals surface area contributed by atoms with Crippen LogP contribution in [0.25, 0.3) is 0 Å². The van der Waals surface area contributed by atoms with Crippen molar-refractivity contribution in [3.05, 3.63) is 18.2 Å². The summed E-state index contributed by atoms with van der Waals surface area (Å²) < 4.78 is 24.2. The van der Waals surface area contributed by atoms with E-state index in [0.717, 1.165) is 18.8 Å². The molecule has 0 saturated heterocycles. The van der Waals surface area contributed by atoms with E-state index in [4.69, 9.17) is 5.73 Å². The highest BCUT2D eigenvalue weighted by atomic mass is 32.2. The second kappa shape index (κ2) is 5.45. The highest BCUT2D eigenvalue weighted by Crippen LogP contribution is 2.03. The lowest BCUT2D eigenvalue weighted by molar-refractivity contribution is 0.578. The molecule has 1 aromatic rings. The molecule has 0 amide bonds. The van der Waals surface area contributed by atoms with Gasteiger partial charge in [-0.05, 0) is 6.42 Å². The average Bonchev–Trinajstić information content (AvgIpc) is 2.50. The van der Waals surface area contributed by atoms with Gasteiger partial charge in [0.15, 0.2) is 0 Å². The number of nitrogens with two attached hydrogens (primary N) is 1. The maximum Gasteiger partial charge on any atom is 0.148 e. The van der Waals surface area contributed by atoms with Gasteiger partial charge in [-0.25, -0.2) is 13.4 Å². The Labute approximate surface area is 96.6 Å². The zero-order valence-electron chi connectivity index (χ0n) is 9.76. The number of hydrogen-bond acceptors (Lipinski definition) is 4. The molecule has 0 saturated carbocycles. The quantitative estimate of drug-likeness (QED) is 0.777. The lowest BCUT2D eigenvalue weighted by atomic mass is 10.2. The van der Waals surface area contributed by atoms with E-state index in [1.807, 2.05) is 10.8 Å². The molecule has 5 nitrogen and oxygen atoms in total. The first-order valence-corrected chi connectivity index (χ1v) is 7.41. The summed E-state index contributed by atoms with van der Waals surface area (Å²) in [6.07, 6.45) is 6.33. The van der Waals surface area contributed by atoms with Gasteiger partial charge in [-0.2, -0.15) is 0 Å². The Morgan fingerprint density at radius 3 is 2.81 bits per heavy atom. The number of aromatic nitrogens is 2. The van der Waals surface area contributed by atoms with Crippen LogP contribution in [-0.4, -0.2) is 36.0 Å². The zero-order valence-corrected chi connectivity index (χ0v) is 10.6. The molecule has 0 spiro atoms. The molecule has 2 N–H and O–H groups in total. The Morgan fingerprint density at radius 2 is 2.25 bits per heavy atom. The molecular formula is C10H19N3O2S. The number of sulfone groups is 1. The average molecular weight is 245 g/mol. The summed E-state index contributed by atoms with van der Waals surface area (Å²) in [4.78, 5) is 4.19.